The van der Waals surface area contributed by atoms with Gasteiger partial charge in [0.25, 0.3) is 0 Å². The van der Waals surface area contributed by atoms with Gasteiger partial charge in [-0.2, -0.15) is 0 Å². The minimum atomic E-state index is -0.218. The van der Waals surface area contributed by atoms with Crippen molar-refractivity contribution in [3.63, 3.8) is 0 Å². The van der Waals surface area contributed by atoms with E-state index >= 15 is 0 Å². The van der Waals surface area contributed by atoms with E-state index in [2.05, 4.69) is 26.0 Å². The molecule has 0 unspecified atom stereocenters. The van der Waals surface area contributed by atoms with Crippen LogP contribution in [0.25, 0.3) is 11.1 Å². The maximum Gasteiger partial charge on any atom is 0.127 e. The Morgan fingerprint density at radius 1 is 1.05 bits per heavy atom. The molecular formula is C17H19FO. The Kier molecular flexibility index (Phi) is 4.20. The summed E-state index contributed by atoms with van der Waals surface area (Å²) in [6.45, 7) is 6.82. The number of benzene rings is 2. The summed E-state index contributed by atoms with van der Waals surface area (Å²) in [5.74, 6) is 0.647. The molecule has 2 heteroatoms. The first kappa shape index (κ1) is 13.6. The first-order chi connectivity index (χ1) is 9.15. The van der Waals surface area contributed by atoms with Crippen molar-refractivity contribution in [2.45, 2.75) is 27.2 Å². The second-order valence-corrected chi connectivity index (χ2v) is 4.57. The molecule has 0 heterocycles. The van der Waals surface area contributed by atoms with Crippen molar-refractivity contribution in [1.82, 2.24) is 0 Å². The second-order valence-electron chi connectivity index (χ2n) is 4.57. The van der Waals surface area contributed by atoms with Crippen molar-refractivity contribution >= 4 is 0 Å². The number of hydrogen-bond acceptors (Lipinski definition) is 1. The summed E-state index contributed by atoms with van der Waals surface area (Å²) in [6.07, 6.45) is 0.979. The van der Waals surface area contributed by atoms with E-state index in [4.69, 9.17) is 4.74 Å². The minimum absolute atomic E-state index is 0.218. The van der Waals surface area contributed by atoms with E-state index in [0.29, 0.717) is 6.61 Å². The average molecular weight is 258 g/mol. The molecule has 0 aromatic heterocycles. The summed E-state index contributed by atoms with van der Waals surface area (Å²) >= 11 is 0. The Bertz CT molecular complexity index is 558. The van der Waals surface area contributed by atoms with Crippen LogP contribution in [0.4, 0.5) is 4.39 Å². The van der Waals surface area contributed by atoms with E-state index in [0.717, 1.165) is 23.3 Å². The lowest BCUT2D eigenvalue weighted by atomic mass is 9.97. The quantitative estimate of drug-likeness (QED) is 0.768. The molecule has 2 aromatic rings. The van der Waals surface area contributed by atoms with Crippen LogP contribution in [-0.2, 0) is 6.42 Å². The lowest BCUT2D eigenvalue weighted by Crippen LogP contribution is -1.97. The molecule has 19 heavy (non-hydrogen) atoms. The Hall–Kier alpha value is -1.83. The highest BCUT2D eigenvalue weighted by atomic mass is 19.1. The molecule has 0 saturated heterocycles. The maximum atomic E-state index is 13.0. The molecule has 0 bridgehead atoms. The van der Waals surface area contributed by atoms with E-state index in [1.54, 1.807) is 12.1 Å². The SMILES string of the molecule is CCOc1cc(C)c(CC)cc1-c1ccc(F)cc1. The van der Waals surface area contributed by atoms with Gasteiger partial charge in [-0.15, -0.1) is 0 Å². The van der Waals surface area contributed by atoms with Gasteiger partial charge in [0, 0.05) is 5.56 Å². The molecule has 2 rings (SSSR count). The van der Waals surface area contributed by atoms with Gasteiger partial charge in [-0.05, 0) is 61.2 Å². The zero-order chi connectivity index (χ0) is 13.8. The molecule has 0 aliphatic carbocycles. The fourth-order valence-electron chi connectivity index (χ4n) is 2.24. The van der Waals surface area contributed by atoms with E-state index < -0.39 is 0 Å². The lowest BCUT2D eigenvalue weighted by Gasteiger charge is -2.14. The summed E-state index contributed by atoms with van der Waals surface area (Å²) in [7, 11) is 0. The van der Waals surface area contributed by atoms with Crippen molar-refractivity contribution in [2.24, 2.45) is 0 Å². The standard InChI is InChI=1S/C17H19FO/c1-4-13-11-16(14-6-8-15(18)9-7-14)17(19-5-2)10-12(13)3/h6-11H,4-5H2,1-3H3. The van der Waals surface area contributed by atoms with Crippen LogP contribution >= 0.6 is 0 Å². The Balaban J connectivity index is 2.55. The van der Waals surface area contributed by atoms with Crippen molar-refractivity contribution in [3.05, 3.63) is 53.3 Å². The molecule has 0 N–H and O–H groups in total. The molecule has 0 saturated carbocycles. The number of aryl methyl sites for hydroxylation is 2. The molecule has 0 aliphatic heterocycles. The largest absolute Gasteiger partial charge is 0.493 e. The van der Waals surface area contributed by atoms with Gasteiger partial charge in [0.15, 0.2) is 0 Å². The lowest BCUT2D eigenvalue weighted by molar-refractivity contribution is 0.341. The third kappa shape index (κ3) is 2.95. The van der Waals surface area contributed by atoms with Gasteiger partial charge in [0.05, 0.1) is 6.61 Å². The van der Waals surface area contributed by atoms with Crippen LogP contribution in [0.5, 0.6) is 5.75 Å². The van der Waals surface area contributed by atoms with Crippen LogP contribution in [-0.4, -0.2) is 6.61 Å². The summed E-state index contributed by atoms with van der Waals surface area (Å²) < 4.78 is 18.7. The van der Waals surface area contributed by atoms with Crippen LogP contribution in [0.3, 0.4) is 0 Å². The topological polar surface area (TPSA) is 9.23 Å². The molecule has 100 valence electrons. The Labute approximate surface area is 114 Å². The van der Waals surface area contributed by atoms with Crippen LogP contribution in [0.2, 0.25) is 0 Å². The predicted octanol–water partition coefficient (Wildman–Crippen LogP) is 4.76. The third-order valence-corrected chi connectivity index (χ3v) is 3.27. The number of hydrogen-bond donors (Lipinski definition) is 0. The van der Waals surface area contributed by atoms with Crippen molar-refractivity contribution in [3.8, 4) is 16.9 Å². The molecular weight excluding hydrogens is 239 g/mol. The van der Waals surface area contributed by atoms with Crippen LogP contribution < -0.4 is 4.74 Å². The predicted molar refractivity (Wildman–Crippen MR) is 77.1 cm³/mol. The normalized spacial score (nSPS) is 10.5. The monoisotopic (exact) mass is 258 g/mol. The number of rotatable bonds is 4. The fraction of sp³-hybridized carbons (Fsp3) is 0.294. The van der Waals surface area contributed by atoms with Crippen LogP contribution in [0, 0.1) is 12.7 Å². The van der Waals surface area contributed by atoms with E-state index in [1.807, 2.05) is 6.92 Å². The second kappa shape index (κ2) is 5.87. The molecule has 0 spiro atoms. The van der Waals surface area contributed by atoms with Gasteiger partial charge in [-0.25, -0.2) is 4.39 Å². The van der Waals surface area contributed by atoms with Gasteiger partial charge in [0.2, 0.25) is 0 Å². The van der Waals surface area contributed by atoms with Gasteiger partial charge in [-0.3, -0.25) is 0 Å². The number of ether oxygens (including phenoxy) is 1. The van der Waals surface area contributed by atoms with Gasteiger partial charge in [0.1, 0.15) is 11.6 Å². The van der Waals surface area contributed by atoms with Crippen molar-refractivity contribution in [1.29, 1.82) is 0 Å². The van der Waals surface area contributed by atoms with Gasteiger partial charge >= 0.3 is 0 Å². The highest BCUT2D eigenvalue weighted by Gasteiger charge is 2.10. The molecule has 0 amide bonds. The molecule has 0 fully saturated rings. The van der Waals surface area contributed by atoms with Gasteiger partial charge in [-0.1, -0.05) is 19.1 Å². The third-order valence-electron chi connectivity index (χ3n) is 3.27. The highest BCUT2D eigenvalue weighted by Crippen LogP contribution is 2.33. The zero-order valence-electron chi connectivity index (χ0n) is 11.7. The van der Waals surface area contributed by atoms with Gasteiger partial charge < -0.3 is 4.74 Å². The van der Waals surface area contributed by atoms with Crippen LogP contribution in [0.1, 0.15) is 25.0 Å². The van der Waals surface area contributed by atoms with Crippen LogP contribution in [0.15, 0.2) is 36.4 Å². The first-order valence-corrected chi connectivity index (χ1v) is 6.68. The summed E-state index contributed by atoms with van der Waals surface area (Å²) in [6, 6.07) is 10.8. The average Bonchev–Trinajstić information content (AvgIpc) is 2.41. The molecule has 2 aromatic carbocycles. The summed E-state index contributed by atoms with van der Waals surface area (Å²) in [5.41, 5.74) is 4.54. The highest BCUT2D eigenvalue weighted by molar-refractivity contribution is 5.72. The smallest absolute Gasteiger partial charge is 0.127 e. The van der Waals surface area contributed by atoms with Crippen molar-refractivity contribution in [2.75, 3.05) is 6.61 Å². The molecule has 0 aliphatic rings. The maximum absolute atomic E-state index is 13.0. The van der Waals surface area contributed by atoms with E-state index in [1.165, 1.54) is 23.3 Å². The fourth-order valence-corrected chi connectivity index (χ4v) is 2.24. The van der Waals surface area contributed by atoms with Crippen molar-refractivity contribution < 1.29 is 9.13 Å². The Morgan fingerprint density at radius 2 is 1.74 bits per heavy atom. The zero-order valence-corrected chi connectivity index (χ0v) is 11.7. The molecule has 0 atom stereocenters. The van der Waals surface area contributed by atoms with E-state index in [-0.39, 0.29) is 5.82 Å². The Morgan fingerprint density at radius 3 is 2.32 bits per heavy atom. The minimum Gasteiger partial charge on any atom is -0.493 e. The summed E-state index contributed by atoms with van der Waals surface area (Å²) in [4.78, 5) is 0. The molecule has 1 nitrogen and oxygen atoms in total. The first-order valence-electron chi connectivity index (χ1n) is 6.68. The van der Waals surface area contributed by atoms with E-state index in [9.17, 15) is 4.39 Å². The number of halogens is 1. The molecule has 0 radical (unpaired) electrons. The summed E-state index contributed by atoms with van der Waals surface area (Å²) in [5, 5.41) is 0.